The molecular formula is C108H78B2N6O. The van der Waals surface area contributed by atoms with Gasteiger partial charge in [0.2, 0.25) is 0 Å². The second-order valence-corrected chi connectivity index (χ2v) is 32.3. The zero-order valence-electron chi connectivity index (χ0n) is 86.2. The molecule has 0 radical (unpaired) electrons. The summed E-state index contributed by atoms with van der Waals surface area (Å²) in [5, 5.41) is -1.06. The largest absolute Gasteiger partial charge is 0.456 e. The van der Waals surface area contributed by atoms with Gasteiger partial charge in [0.05, 0.1) is 69.5 Å². The number of para-hydroxylation sites is 3. The van der Waals surface area contributed by atoms with Crippen molar-refractivity contribution in [3.63, 3.8) is 0 Å². The van der Waals surface area contributed by atoms with Crippen LogP contribution in [0.25, 0.3) is 133 Å². The molecule has 7 heterocycles. The molecule has 0 N–H and O–H groups in total. The Hall–Kier alpha value is -14.3. The Morgan fingerprint density at radius 3 is 1.44 bits per heavy atom. The molecule has 552 valence electrons. The average molecular weight is 1520 g/mol. The average Bonchev–Trinajstić information content (AvgIpc) is 1.62. The quantitative estimate of drug-likeness (QED) is 0.128. The van der Waals surface area contributed by atoms with E-state index >= 15 is 0 Å². The summed E-state index contributed by atoms with van der Waals surface area (Å²) in [7, 11) is 0. The van der Waals surface area contributed by atoms with Crippen molar-refractivity contribution in [3.05, 3.63) is 375 Å². The smallest absolute Gasteiger partial charge is 0.256 e. The summed E-state index contributed by atoms with van der Waals surface area (Å²) in [6.45, 7) is 10.0. The van der Waals surface area contributed by atoms with Crippen molar-refractivity contribution in [2.75, 3.05) is 9.80 Å². The highest BCUT2D eigenvalue weighted by atomic mass is 16.5. The molecule has 0 atom stereocenters. The van der Waals surface area contributed by atoms with Crippen LogP contribution in [0.1, 0.15) is 82.8 Å². The Kier molecular flexibility index (Phi) is 11.0. The molecule has 0 saturated carbocycles. The molecular weight excluding hydrogens is 1420 g/mol. The lowest BCUT2D eigenvalue weighted by Crippen LogP contribution is -2.64. The lowest BCUT2D eigenvalue weighted by Gasteiger charge is -2.47. The van der Waals surface area contributed by atoms with Crippen LogP contribution in [0.5, 0.6) is 11.5 Å². The van der Waals surface area contributed by atoms with Gasteiger partial charge in [-0.2, -0.15) is 0 Å². The van der Waals surface area contributed by atoms with Crippen LogP contribution in [0.4, 0.5) is 34.1 Å². The maximum absolute atomic E-state index is 12.1. The van der Waals surface area contributed by atoms with Crippen molar-refractivity contribution < 1.29 is 34.9 Å². The minimum Gasteiger partial charge on any atom is -0.456 e. The highest BCUT2D eigenvalue weighted by Crippen LogP contribution is 2.58. The minimum atomic E-state index is -1.51. The van der Waals surface area contributed by atoms with E-state index in [-0.39, 0.29) is 77.5 Å². The van der Waals surface area contributed by atoms with E-state index < -0.39 is 185 Å². The van der Waals surface area contributed by atoms with Gasteiger partial charge in [0.25, 0.3) is 13.4 Å². The molecule has 19 aromatic rings. The van der Waals surface area contributed by atoms with E-state index in [0.717, 1.165) is 32.4 Å². The fraction of sp³-hybridized carbons (Fsp3) is 0.0741. The van der Waals surface area contributed by atoms with Gasteiger partial charge >= 0.3 is 0 Å². The van der Waals surface area contributed by atoms with Gasteiger partial charge in [0.15, 0.2) is 0 Å². The molecule has 23 rings (SSSR count). The van der Waals surface area contributed by atoms with Gasteiger partial charge in [0, 0.05) is 89.5 Å². The summed E-state index contributed by atoms with van der Waals surface area (Å²) < 4.78 is 233. The monoisotopic (exact) mass is 1520 g/mol. The topological polar surface area (TPSA) is 51.4 Å². The number of benzene rings is 16. The summed E-state index contributed by atoms with van der Waals surface area (Å²) >= 11 is 0. The van der Waals surface area contributed by atoms with Crippen LogP contribution in [0.2, 0.25) is 0 Å². The Bertz CT molecular complexity index is 8490. The van der Waals surface area contributed by atoms with Crippen LogP contribution < -0.4 is 47.3 Å². The third-order valence-corrected chi connectivity index (χ3v) is 23.5. The number of hydrogen-bond donors (Lipinski definition) is 0. The Morgan fingerprint density at radius 2 is 0.872 bits per heavy atom. The van der Waals surface area contributed by atoms with Crippen molar-refractivity contribution in [3.8, 4) is 101 Å². The summed E-state index contributed by atoms with van der Waals surface area (Å²) in [5.41, 5.74) is 9.36. The van der Waals surface area contributed by atoms with Crippen molar-refractivity contribution in [1.82, 2.24) is 19.1 Å². The van der Waals surface area contributed by atoms with Crippen LogP contribution in [0.15, 0.2) is 364 Å². The summed E-state index contributed by atoms with van der Waals surface area (Å²) in [6, 6.07) is 55.8. The maximum atomic E-state index is 12.1. The zero-order chi connectivity index (χ0) is 97.3. The van der Waals surface area contributed by atoms with Gasteiger partial charge in [-0.05, 0) is 190 Å². The van der Waals surface area contributed by atoms with Gasteiger partial charge in [-0.1, -0.05) is 302 Å². The first-order chi connectivity index (χ1) is 66.5. The predicted molar refractivity (Wildman–Crippen MR) is 491 cm³/mol. The van der Waals surface area contributed by atoms with E-state index in [0.29, 0.717) is 89.3 Å². The van der Waals surface area contributed by atoms with E-state index in [2.05, 4.69) is 75.7 Å². The molecule has 117 heavy (non-hydrogen) atoms. The van der Waals surface area contributed by atoms with Crippen LogP contribution in [-0.2, 0) is 10.8 Å². The molecule has 0 saturated heterocycles. The third kappa shape index (κ3) is 10.6. The molecule has 0 spiro atoms. The first-order valence-electron chi connectivity index (χ1n) is 50.0. The molecule has 0 aliphatic carbocycles. The Balaban J connectivity index is 0.997. The zero-order valence-corrected chi connectivity index (χ0v) is 64.2. The fourth-order valence-electron chi connectivity index (χ4n) is 18.1. The van der Waals surface area contributed by atoms with E-state index in [1.165, 1.54) is 6.33 Å². The minimum absolute atomic E-state index is 0.0302. The molecule has 9 heteroatoms. The Morgan fingerprint density at radius 1 is 0.342 bits per heavy atom. The van der Waals surface area contributed by atoms with E-state index in [9.17, 15) is 26.0 Å². The van der Waals surface area contributed by atoms with Crippen LogP contribution in [0.3, 0.4) is 0 Å². The molecule has 16 aromatic carbocycles. The van der Waals surface area contributed by atoms with Gasteiger partial charge in [-0.3, -0.25) is 0 Å². The normalized spacial score (nSPS) is 15.7. The second-order valence-electron chi connectivity index (χ2n) is 32.3. The number of aromatic nitrogens is 4. The number of rotatable bonds is 10. The molecule has 4 aliphatic rings. The Labute approximate surface area is 712 Å². The van der Waals surface area contributed by atoms with Crippen LogP contribution in [0, 0.1) is 0 Å². The van der Waals surface area contributed by atoms with Gasteiger partial charge < -0.3 is 23.7 Å². The molecule has 0 bridgehead atoms. The van der Waals surface area contributed by atoms with Gasteiger partial charge in [-0.25, -0.2) is 9.97 Å². The highest BCUT2D eigenvalue weighted by Gasteiger charge is 2.51. The van der Waals surface area contributed by atoms with E-state index in [1.54, 1.807) is 16.8 Å². The maximum Gasteiger partial charge on any atom is 0.256 e. The first-order valence-corrected chi connectivity index (χ1v) is 39.0. The lowest BCUT2D eigenvalue weighted by molar-refractivity contribution is 0.489. The third-order valence-electron chi connectivity index (χ3n) is 23.5. The van der Waals surface area contributed by atoms with Crippen LogP contribution >= 0.6 is 0 Å². The standard InChI is InChI=1S/C108H78B2N6O/c1-107(2,3)76-60-82(69-34-17-9-18-35-69)102(83(61-76)70-36-19-10-20-37-70)115-95-64-78(113-92-46-27-25-42-79(92)80-43-26-28-47-93(80)113)50-52-87(95)109-90-65-98-101-106(117-99-59-74(68-32-15-8-16-33-68)48-51-88(99)110(101)89-45-29-44-81-86-56-73(67-30-13-7-14-31-67)49-53-94(86)114(98)104(81)89)105(90)116(97-58-75(57-96(115)100(97)109)91-54-55-111-66-112-91)103-84(71-38-21-11-22-39-71)62-77(108(4,5)6)63-85(103)72-40-23-12-24-41-72/h7-66H,1-6H3/i7D,13D,14D,25D,26D,27D,28D,29D,30D,31D,42D,43D,44D,45D,46D,47D,49D,50D,52D,53D,56D,64D. The molecule has 7 nitrogen and oxygen atoms in total. The second kappa shape index (κ2) is 26.1. The van der Waals surface area contributed by atoms with Crippen LogP contribution in [-0.4, -0.2) is 32.5 Å². The summed E-state index contributed by atoms with van der Waals surface area (Å²) in [5.74, 6) is 0.333. The molecule has 3 aromatic heterocycles. The van der Waals surface area contributed by atoms with E-state index in [4.69, 9.17) is 13.8 Å². The summed E-state index contributed by atoms with van der Waals surface area (Å²) in [6.07, 6.45) is 3.07. The number of ether oxygens (including phenoxy) is 1. The summed E-state index contributed by atoms with van der Waals surface area (Å²) in [4.78, 5) is 13.8. The number of anilines is 6. The van der Waals surface area contributed by atoms with Crippen molar-refractivity contribution in [2.24, 2.45) is 0 Å². The SMILES string of the molecule is [2H]c1c([2H])c([2H])c(-c2c([2H])c([2H])c3c(c2[2H])c2c([2H])c([2H])c([2H])c4c2n3-c2cc3c(c5c2B4c2ccc(-c4ccccc4)cc2O5)N(c2c(-c4ccccc4)cc(C(C)(C)C)cc2-c2ccccc2)c2cc(-c4ccncn4)cc4c2B3c2c([2H])c([2H])c(-n3c5c([2H])c([2H])c([2H])c([2H])c5c5c([2H])c([2H])c([2H])c([2H])c53)c([2H])c2N4c2c(-c3ccccc3)cc(C(C)(C)C)cc2-c2ccccc2)c([2H])c1[2H]. The van der Waals surface area contributed by atoms with Crippen molar-refractivity contribution in [1.29, 1.82) is 0 Å². The highest BCUT2D eigenvalue weighted by molar-refractivity contribution is 7.02. The number of hydrogen-bond acceptors (Lipinski definition) is 5. The molecule has 0 amide bonds. The van der Waals surface area contributed by atoms with Gasteiger partial charge in [0.1, 0.15) is 17.8 Å². The number of nitrogens with zero attached hydrogens (tertiary/aromatic N) is 6. The number of fused-ring (bicyclic) bond motifs is 15. The molecule has 0 unspecified atom stereocenters. The fourth-order valence-corrected chi connectivity index (χ4v) is 18.1. The first kappa shape index (κ1) is 49.4. The molecule has 0 fully saturated rings. The molecule has 4 aliphatic heterocycles. The van der Waals surface area contributed by atoms with Crippen molar-refractivity contribution in [2.45, 2.75) is 52.4 Å². The van der Waals surface area contributed by atoms with Gasteiger partial charge in [-0.15, -0.1) is 0 Å². The predicted octanol–water partition coefficient (Wildman–Crippen LogP) is 24.0. The lowest BCUT2D eigenvalue weighted by atomic mass is 9.31. The van der Waals surface area contributed by atoms with Crippen molar-refractivity contribution >= 4 is 124 Å². The van der Waals surface area contributed by atoms with E-state index in [1.807, 2.05) is 193 Å².